The fourth-order valence-electron chi connectivity index (χ4n) is 1.51. The highest BCUT2D eigenvalue weighted by atomic mass is 15.3. The van der Waals surface area contributed by atoms with Gasteiger partial charge in [-0.15, -0.1) is 5.10 Å². The molecule has 0 aromatic carbocycles. The summed E-state index contributed by atoms with van der Waals surface area (Å²) in [7, 11) is 0. The van der Waals surface area contributed by atoms with Crippen LogP contribution >= 0.6 is 0 Å². The molecular weight excluding hydrogens is 176 g/mol. The maximum absolute atomic E-state index is 4.42. The molecule has 1 aliphatic carbocycles. The molecule has 0 radical (unpaired) electrons. The van der Waals surface area contributed by atoms with Gasteiger partial charge < -0.3 is 5.32 Å². The van der Waals surface area contributed by atoms with E-state index >= 15 is 0 Å². The van der Waals surface area contributed by atoms with Gasteiger partial charge in [-0.2, -0.15) is 0 Å². The molecule has 0 aliphatic heterocycles. The summed E-state index contributed by atoms with van der Waals surface area (Å²) in [6, 6.07) is 4.62. The Balaban J connectivity index is 2.00. The fraction of sp³-hybridized carbons (Fsp3) is 0.400. The molecule has 0 saturated heterocycles. The predicted molar refractivity (Wildman–Crippen MR) is 54.4 cm³/mol. The Kier molecular flexibility index (Phi) is 1.50. The largest absolute Gasteiger partial charge is 0.366 e. The first-order chi connectivity index (χ1) is 6.81. The highest BCUT2D eigenvalue weighted by Gasteiger charge is 2.21. The van der Waals surface area contributed by atoms with Crippen molar-refractivity contribution in [2.75, 3.05) is 5.32 Å². The third-order valence-corrected chi connectivity index (χ3v) is 2.37. The van der Waals surface area contributed by atoms with Gasteiger partial charge >= 0.3 is 0 Å². The summed E-state index contributed by atoms with van der Waals surface area (Å²) in [4.78, 5) is 4.32. The molecule has 0 spiro atoms. The first kappa shape index (κ1) is 7.79. The molecule has 1 aliphatic rings. The van der Waals surface area contributed by atoms with E-state index in [1.165, 1.54) is 12.8 Å². The number of aromatic nitrogens is 3. The van der Waals surface area contributed by atoms with Crippen LogP contribution in [0.1, 0.15) is 18.5 Å². The molecule has 2 aromatic heterocycles. The normalized spacial score (nSPS) is 16.1. The second-order valence-electron chi connectivity index (χ2n) is 3.82. The maximum atomic E-state index is 4.42. The van der Waals surface area contributed by atoms with Gasteiger partial charge in [0.05, 0.1) is 11.9 Å². The van der Waals surface area contributed by atoms with Gasteiger partial charge in [0.25, 0.3) is 0 Å². The maximum Gasteiger partial charge on any atom is 0.153 e. The Labute approximate surface area is 82.0 Å². The molecule has 14 heavy (non-hydrogen) atoms. The molecule has 0 atom stereocenters. The highest BCUT2D eigenvalue weighted by Crippen LogP contribution is 2.23. The Morgan fingerprint density at radius 1 is 1.43 bits per heavy atom. The number of fused-ring (bicyclic) bond motifs is 1. The van der Waals surface area contributed by atoms with Crippen LogP contribution in [0.3, 0.4) is 0 Å². The zero-order valence-electron chi connectivity index (χ0n) is 8.07. The van der Waals surface area contributed by atoms with E-state index in [1.807, 2.05) is 29.8 Å². The lowest BCUT2D eigenvalue weighted by Crippen LogP contribution is -2.04. The van der Waals surface area contributed by atoms with E-state index in [0.717, 1.165) is 17.2 Å². The van der Waals surface area contributed by atoms with Crippen molar-refractivity contribution < 1.29 is 0 Å². The van der Waals surface area contributed by atoms with Crippen LogP contribution in [0.5, 0.6) is 0 Å². The van der Waals surface area contributed by atoms with Gasteiger partial charge in [0.2, 0.25) is 0 Å². The lowest BCUT2D eigenvalue weighted by molar-refractivity contribution is 0.923. The van der Waals surface area contributed by atoms with Crippen molar-refractivity contribution in [2.24, 2.45) is 0 Å². The third kappa shape index (κ3) is 1.32. The Morgan fingerprint density at radius 3 is 3.07 bits per heavy atom. The molecule has 0 bridgehead atoms. The first-order valence-corrected chi connectivity index (χ1v) is 4.91. The lowest BCUT2D eigenvalue weighted by Gasteiger charge is -2.02. The molecule has 1 saturated carbocycles. The lowest BCUT2D eigenvalue weighted by atomic mass is 10.5. The van der Waals surface area contributed by atoms with E-state index in [2.05, 4.69) is 15.4 Å². The van der Waals surface area contributed by atoms with Gasteiger partial charge in [-0.05, 0) is 31.9 Å². The molecular formula is C10H12N4. The van der Waals surface area contributed by atoms with Crippen LogP contribution < -0.4 is 5.32 Å². The second-order valence-corrected chi connectivity index (χ2v) is 3.82. The van der Waals surface area contributed by atoms with Crippen LogP contribution in [0.15, 0.2) is 18.3 Å². The monoisotopic (exact) mass is 188 g/mol. The molecule has 1 fully saturated rings. The summed E-state index contributed by atoms with van der Waals surface area (Å²) < 4.78 is 1.82. The molecule has 0 unspecified atom stereocenters. The smallest absolute Gasteiger partial charge is 0.153 e. The SMILES string of the molecule is Cc1cn2nc(NC3CC3)ccc2n1. The van der Waals surface area contributed by atoms with E-state index in [4.69, 9.17) is 0 Å². The zero-order valence-corrected chi connectivity index (χ0v) is 8.07. The average molecular weight is 188 g/mol. The van der Waals surface area contributed by atoms with E-state index in [0.29, 0.717) is 6.04 Å². The van der Waals surface area contributed by atoms with Crippen LogP contribution in [-0.2, 0) is 0 Å². The van der Waals surface area contributed by atoms with Crippen molar-refractivity contribution in [1.29, 1.82) is 0 Å². The number of imidazole rings is 1. The fourth-order valence-corrected chi connectivity index (χ4v) is 1.51. The second kappa shape index (κ2) is 2.70. The molecule has 3 rings (SSSR count). The standard InChI is InChI=1S/C10H12N4/c1-7-6-14-10(11-7)5-4-9(13-14)12-8-2-3-8/h4-6,8H,2-3H2,1H3,(H,12,13). The summed E-state index contributed by atoms with van der Waals surface area (Å²) in [5.74, 6) is 0.942. The van der Waals surface area contributed by atoms with Gasteiger partial charge in [0, 0.05) is 6.04 Å². The molecule has 4 heteroatoms. The predicted octanol–water partition coefficient (Wildman–Crippen LogP) is 1.61. The summed E-state index contributed by atoms with van der Waals surface area (Å²) >= 11 is 0. The van der Waals surface area contributed by atoms with Crippen molar-refractivity contribution in [3.63, 3.8) is 0 Å². The average Bonchev–Trinajstić information content (AvgIpc) is 2.86. The quantitative estimate of drug-likeness (QED) is 0.778. The third-order valence-electron chi connectivity index (χ3n) is 2.37. The summed E-state index contributed by atoms with van der Waals surface area (Å²) in [5, 5.41) is 7.78. The van der Waals surface area contributed by atoms with Crippen LogP contribution in [0.2, 0.25) is 0 Å². The van der Waals surface area contributed by atoms with Crippen LogP contribution in [0, 0.1) is 6.92 Å². The van der Waals surface area contributed by atoms with Gasteiger partial charge in [-0.1, -0.05) is 0 Å². The van der Waals surface area contributed by atoms with Crippen LogP contribution in [0.25, 0.3) is 5.65 Å². The van der Waals surface area contributed by atoms with E-state index in [9.17, 15) is 0 Å². The number of nitrogens with one attached hydrogen (secondary N) is 1. The number of hydrogen-bond donors (Lipinski definition) is 1. The van der Waals surface area contributed by atoms with Crippen molar-refractivity contribution in [2.45, 2.75) is 25.8 Å². The van der Waals surface area contributed by atoms with Crippen molar-refractivity contribution in [3.05, 3.63) is 24.0 Å². The Bertz CT molecular complexity index is 470. The molecule has 72 valence electrons. The molecule has 0 amide bonds. The van der Waals surface area contributed by atoms with E-state index in [1.54, 1.807) is 0 Å². The highest BCUT2D eigenvalue weighted by molar-refractivity contribution is 5.45. The van der Waals surface area contributed by atoms with Crippen molar-refractivity contribution in [3.8, 4) is 0 Å². The van der Waals surface area contributed by atoms with Crippen LogP contribution in [0.4, 0.5) is 5.82 Å². The minimum Gasteiger partial charge on any atom is -0.366 e. The number of hydrogen-bond acceptors (Lipinski definition) is 3. The molecule has 4 nitrogen and oxygen atoms in total. The van der Waals surface area contributed by atoms with Gasteiger partial charge in [0.1, 0.15) is 5.82 Å². The summed E-state index contributed by atoms with van der Waals surface area (Å²) in [5.41, 5.74) is 1.91. The Hall–Kier alpha value is -1.58. The Morgan fingerprint density at radius 2 is 2.29 bits per heavy atom. The number of aryl methyl sites for hydroxylation is 1. The van der Waals surface area contributed by atoms with Gasteiger partial charge in [-0.3, -0.25) is 0 Å². The number of rotatable bonds is 2. The first-order valence-electron chi connectivity index (χ1n) is 4.91. The number of anilines is 1. The number of nitrogens with zero attached hydrogens (tertiary/aromatic N) is 3. The van der Waals surface area contributed by atoms with Gasteiger partial charge in [0.15, 0.2) is 5.65 Å². The van der Waals surface area contributed by atoms with E-state index in [-0.39, 0.29) is 0 Å². The molecule has 2 heterocycles. The minimum atomic E-state index is 0.643. The summed E-state index contributed by atoms with van der Waals surface area (Å²) in [6.07, 6.45) is 4.47. The molecule has 2 aromatic rings. The molecule has 1 N–H and O–H groups in total. The minimum absolute atomic E-state index is 0.643. The zero-order chi connectivity index (χ0) is 9.54. The van der Waals surface area contributed by atoms with Crippen molar-refractivity contribution >= 4 is 11.5 Å². The van der Waals surface area contributed by atoms with Gasteiger partial charge in [-0.25, -0.2) is 9.50 Å². The van der Waals surface area contributed by atoms with Crippen molar-refractivity contribution in [1.82, 2.24) is 14.6 Å². The summed E-state index contributed by atoms with van der Waals surface area (Å²) in [6.45, 7) is 1.97. The van der Waals surface area contributed by atoms with Crippen LogP contribution in [-0.4, -0.2) is 20.6 Å². The van der Waals surface area contributed by atoms with E-state index < -0.39 is 0 Å². The topological polar surface area (TPSA) is 42.2 Å².